The highest BCUT2D eigenvalue weighted by Crippen LogP contribution is 2.02. The average molecular weight is 223 g/mol. The number of carbonyl (C=O) groups is 1. The molecule has 2 rings (SSSR count). The van der Waals surface area contributed by atoms with Crippen LogP contribution >= 0.6 is 0 Å². The Morgan fingerprint density at radius 2 is 2.00 bits per heavy atom. The number of hydrogen-bond donors (Lipinski definition) is 1. The summed E-state index contributed by atoms with van der Waals surface area (Å²) in [7, 11) is 2.87. The summed E-state index contributed by atoms with van der Waals surface area (Å²) < 4.78 is 3.36. The van der Waals surface area contributed by atoms with Gasteiger partial charge in [0.2, 0.25) is 6.41 Å². The van der Waals surface area contributed by atoms with Crippen molar-refractivity contribution in [2.75, 3.05) is 5.43 Å². The summed E-state index contributed by atoms with van der Waals surface area (Å²) in [5, 5.41) is 0. The number of hydrogen-bond acceptors (Lipinski definition) is 4. The Morgan fingerprint density at radius 3 is 2.62 bits per heavy atom. The van der Waals surface area contributed by atoms with Gasteiger partial charge < -0.3 is 0 Å². The number of imidazole rings is 1. The summed E-state index contributed by atoms with van der Waals surface area (Å²) in [5.41, 5.74) is 1.69. The zero-order chi connectivity index (χ0) is 11.9. The number of fused-ring (bicyclic) bond motifs is 1. The molecule has 2 aromatic rings. The lowest BCUT2D eigenvalue weighted by Gasteiger charge is -2.04. The van der Waals surface area contributed by atoms with Crippen molar-refractivity contribution in [3.05, 3.63) is 27.2 Å². The topological polar surface area (TPSA) is 90.9 Å². The van der Waals surface area contributed by atoms with Crippen LogP contribution in [0.3, 0.4) is 0 Å². The molecule has 2 aromatic heterocycles. The first-order valence-electron chi connectivity index (χ1n) is 4.41. The van der Waals surface area contributed by atoms with Crippen molar-refractivity contribution >= 4 is 17.6 Å². The number of nitrogens with zero attached hydrogens (tertiary/aromatic N) is 4. The Bertz CT molecular complexity index is 677. The SMILES string of the molecule is Cn1c(=O)c2c(ncn2NC=O)n(C)c1=O. The Kier molecular flexibility index (Phi) is 2.11. The summed E-state index contributed by atoms with van der Waals surface area (Å²) in [6, 6.07) is 0. The summed E-state index contributed by atoms with van der Waals surface area (Å²) >= 11 is 0. The van der Waals surface area contributed by atoms with Gasteiger partial charge >= 0.3 is 5.69 Å². The van der Waals surface area contributed by atoms with Crippen molar-refractivity contribution in [1.82, 2.24) is 18.8 Å². The largest absolute Gasteiger partial charge is 0.332 e. The number of carbonyl (C=O) groups excluding carboxylic acids is 1. The second-order valence-corrected chi connectivity index (χ2v) is 3.24. The van der Waals surface area contributed by atoms with Gasteiger partial charge in [-0.1, -0.05) is 0 Å². The van der Waals surface area contributed by atoms with E-state index in [1.807, 2.05) is 0 Å². The second-order valence-electron chi connectivity index (χ2n) is 3.24. The number of aryl methyl sites for hydroxylation is 1. The van der Waals surface area contributed by atoms with Gasteiger partial charge in [0, 0.05) is 14.1 Å². The molecule has 0 aliphatic carbocycles. The van der Waals surface area contributed by atoms with Crippen molar-refractivity contribution in [2.45, 2.75) is 0 Å². The molecule has 1 amide bonds. The van der Waals surface area contributed by atoms with E-state index in [0.717, 1.165) is 4.57 Å². The molecule has 8 heteroatoms. The highest BCUT2D eigenvalue weighted by Gasteiger charge is 2.13. The van der Waals surface area contributed by atoms with E-state index in [4.69, 9.17) is 0 Å². The van der Waals surface area contributed by atoms with E-state index in [2.05, 4.69) is 10.4 Å². The molecule has 0 aliphatic heterocycles. The first-order valence-corrected chi connectivity index (χ1v) is 4.41. The predicted octanol–water partition coefficient (Wildman–Crippen LogP) is -1.87. The molecule has 0 atom stereocenters. The average Bonchev–Trinajstić information content (AvgIpc) is 2.68. The summed E-state index contributed by atoms with van der Waals surface area (Å²) in [6.07, 6.45) is 1.69. The Labute approximate surface area is 88.7 Å². The third kappa shape index (κ3) is 1.16. The van der Waals surface area contributed by atoms with Crippen molar-refractivity contribution in [1.29, 1.82) is 0 Å². The summed E-state index contributed by atoms with van der Waals surface area (Å²) in [6.45, 7) is 0. The highest BCUT2D eigenvalue weighted by atomic mass is 16.2. The van der Waals surface area contributed by atoms with Crippen LogP contribution in [0.25, 0.3) is 11.2 Å². The molecule has 1 N–H and O–H groups in total. The number of rotatable bonds is 2. The lowest BCUT2D eigenvalue weighted by molar-refractivity contribution is -0.106. The van der Waals surface area contributed by atoms with Crippen LogP contribution in [0.4, 0.5) is 0 Å². The molecule has 0 saturated heterocycles. The van der Waals surface area contributed by atoms with Crippen LogP contribution in [-0.4, -0.2) is 25.2 Å². The molecule has 0 radical (unpaired) electrons. The van der Waals surface area contributed by atoms with Gasteiger partial charge in [-0.25, -0.2) is 14.5 Å². The first-order chi connectivity index (χ1) is 7.57. The summed E-state index contributed by atoms with van der Waals surface area (Å²) in [5.74, 6) is 0. The molecule has 16 heavy (non-hydrogen) atoms. The molecule has 0 saturated carbocycles. The standard InChI is InChI=1S/C8H9N5O3/c1-11-6-5(7(15)12(2)8(11)16)13(3-9-6)10-4-14/h3-4H,1-2H3,(H,10,14). The van der Waals surface area contributed by atoms with E-state index < -0.39 is 11.2 Å². The highest BCUT2D eigenvalue weighted by molar-refractivity contribution is 5.72. The van der Waals surface area contributed by atoms with E-state index >= 15 is 0 Å². The number of aromatic nitrogens is 4. The molecule has 0 unspecified atom stereocenters. The fourth-order valence-electron chi connectivity index (χ4n) is 1.50. The van der Waals surface area contributed by atoms with Crippen LogP contribution in [0.2, 0.25) is 0 Å². The van der Waals surface area contributed by atoms with Gasteiger partial charge in [-0.05, 0) is 0 Å². The maximum absolute atomic E-state index is 11.8. The van der Waals surface area contributed by atoms with Crippen LogP contribution < -0.4 is 16.7 Å². The minimum Gasteiger partial charge on any atom is -0.279 e. The fraction of sp³-hybridized carbons (Fsp3) is 0.250. The van der Waals surface area contributed by atoms with Crippen molar-refractivity contribution in [2.24, 2.45) is 14.1 Å². The van der Waals surface area contributed by atoms with Crippen LogP contribution in [-0.2, 0) is 18.9 Å². The molecule has 0 fully saturated rings. The third-order valence-corrected chi connectivity index (χ3v) is 2.34. The van der Waals surface area contributed by atoms with E-state index in [0.29, 0.717) is 6.41 Å². The third-order valence-electron chi connectivity index (χ3n) is 2.34. The molecule has 2 heterocycles. The van der Waals surface area contributed by atoms with Crippen LogP contribution in [0.1, 0.15) is 0 Å². The second kappa shape index (κ2) is 3.33. The van der Waals surface area contributed by atoms with E-state index in [-0.39, 0.29) is 11.2 Å². The van der Waals surface area contributed by atoms with Crippen molar-refractivity contribution in [3.63, 3.8) is 0 Å². The van der Waals surface area contributed by atoms with Crippen LogP contribution in [0.15, 0.2) is 15.9 Å². The van der Waals surface area contributed by atoms with Gasteiger partial charge in [0.05, 0.1) is 0 Å². The Hall–Kier alpha value is -2.38. The number of amides is 1. The number of nitrogens with one attached hydrogen (secondary N) is 1. The van der Waals surface area contributed by atoms with Crippen molar-refractivity contribution < 1.29 is 4.79 Å². The first kappa shape index (κ1) is 10.1. The van der Waals surface area contributed by atoms with Gasteiger partial charge in [0.15, 0.2) is 11.2 Å². The maximum Gasteiger partial charge on any atom is 0.332 e. The fourth-order valence-corrected chi connectivity index (χ4v) is 1.50. The van der Waals surface area contributed by atoms with Gasteiger partial charge in [0.1, 0.15) is 6.33 Å². The smallest absolute Gasteiger partial charge is 0.279 e. The predicted molar refractivity (Wildman–Crippen MR) is 55.6 cm³/mol. The van der Waals surface area contributed by atoms with Gasteiger partial charge in [-0.2, -0.15) is 0 Å². The zero-order valence-electron chi connectivity index (χ0n) is 8.67. The minimum absolute atomic E-state index is 0.150. The van der Waals surface area contributed by atoms with Crippen molar-refractivity contribution in [3.8, 4) is 0 Å². The molecule has 0 bridgehead atoms. The van der Waals surface area contributed by atoms with Gasteiger partial charge in [-0.15, -0.1) is 0 Å². The van der Waals surface area contributed by atoms with E-state index in [9.17, 15) is 14.4 Å². The summed E-state index contributed by atoms with van der Waals surface area (Å²) in [4.78, 5) is 37.6. The minimum atomic E-state index is -0.509. The quantitative estimate of drug-likeness (QED) is 0.604. The van der Waals surface area contributed by atoms with Gasteiger partial charge in [-0.3, -0.25) is 24.1 Å². The van der Waals surface area contributed by atoms with Gasteiger partial charge in [0.25, 0.3) is 5.56 Å². The molecule has 0 aliphatic rings. The monoisotopic (exact) mass is 223 g/mol. The molecule has 0 spiro atoms. The molecular weight excluding hydrogens is 214 g/mol. The normalized spacial score (nSPS) is 10.6. The Morgan fingerprint density at radius 1 is 1.31 bits per heavy atom. The lowest BCUT2D eigenvalue weighted by Crippen LogP contribution is -2.38. The maximum atomic E-state index is 11.8. The van der Waals surface area contributed by atoms with Crippen LogP contribution in [0.5, 0.6) is 0 Å². The van der Waals surface area contributed by atoms with Crippen LogP contribution in [0, 0.1) is 0 Å². The molecule has 8 nitrogen and oxygen atoms in total. The molecular formula is C8H9N5O3. The van der Waals surface area contributed by atoms with E-state index in [1.165, 1.54) is 29.7 Å². The van der Waals surface area contributed by atoms with E-state index in [1.54, 1.807) is 0 Å². The molecule has 0 aromatic carbocycles. The Balaban J connectivity index is 3.00. The zero-order valence-corrected chi connectivity index (χ0v) is 8.67. The lowest BCUT2D eigenvalue weighted by atomic mass is 10.5. The molecule has 84 valence electrons.